The second-order valence-electron chi connectivity index (χ2n) is 6.40. The van der Waals surface area contributed by atoms with Gasteiger partial charge in [-0.3, -0.25) is 4.79 Å². The molecule has 0 spiro atoms. The molecule has 1 aliphatic rings. The smallest absolute Gasteiger partial charge is 0.243 e. The Morgan fingerprint density at radius 2 is 1.60 bits per heavy atom. The van der Waals surface area contributed by atoms with E-state index in [1.807, 2.05) is 0 Å². The highest BCUT2D eigenvalue weighted by atomic mass is 32.2. The number of hydrogen-bond acceptors (Lipinski definition) is 3. The first-order valence-corrected chi connectivity index (χ1v) is 10.4. The van der Waals surface area contributed by atoms with E-state index in [2.05, 4.69) is 6.92 Å². The molecule has 1 saturated heterocycles. The van der Waals surface area contributed by atoms with Gasteiger partial charge in [-0.1, -0.05) is 32.6 Å². The zero-order valence-corrected chi connectivity index (χ0v) is 15.6. The zero-order valence-electron chi connectivity index (χ0n) is 14.8. The van der Waals surface area contributed by atoms with Gasteiger partial charge in [0.05, 0.1) is 4.90 Å². The molecule has 1 fully saturated rings. The molecule has 0 unspecified atom stereocenters. The van der Waals surface area contributed by atoms with Crippen LogP contribution in [0, 0.1) is 5.82 Å². The van der Waals surface area contributed by atoms with Gasteiger partial charge in [-0.15, -0.1) is 0 Å². The average molecular weight is 370 g/mol. The summed E-state index contributed by atoms with van der Waals surface area (Å²) in [4.78, 5) is 14.0. The fraction of sp³-hybridized carbons (Fsp3) is 0.611. The number of halogens is 1. The number of hydrogen-bond donors (Lipinski definition) is 0. The Balaban J connectivity index is 1.82. The highest BCUT2D eigenvalue weighted by Gasteiger charge is 2.29. The Kier molecular flexibility index (Phi) is 7.38. The minimum absolute atomic E-state index is 0.0876. The summed E-state index contributed by atoms with van der Waals surface area (Å²) in [5.41, 5.74) is 0. The minimum atomic E-state index is -3.63. The summed E-state index contributed by atoms with van der Waals surface area (Å²) < 4.78 is 39.4. The van der Waals surface area contributed by atoms with Crippen LogP contribution in [0.15, 0.2) is 29.2 Å². The van der Waals surface area contributed by atoms with Crippen molar-refractivity contribution in [1.82, 2.24) is 9.21 Å². The van der Waals surface area contributed by atoms with Crippen molar-refractivity contribution in [3.05, 3.63) is 30.1 Å². The summed E-state index contributed by atoms with van der Waals surface area (Å²) in [5.74, 6) is -0.358. The molecule has 0 aromatic heterocycles. The molecule has 1 amide bonds. The summed E-state index contributed by atoms with van der Waals surface area (Å²) in [6.07, 6.45) is 6.04. The van der Waals surface area contributed by atoms with Gasteiger partial charge in [-0.05, 0) is 30.7 Å². The van der Waals surface area contributed by atoms with E-state index in [-0.39, 0.29) is 23.9 Å². The number of rotatable bonds is 8. The van der Waals surface area contributed by atoms with Crippen LogP contribution in [-0.4, -0.2) is 49.7 Å². The van der Waals surface area contributed by atoms with Crippen molar-refractivity contribution in [3.63, 3.8) is 0 Å². The molecule has 1 aromatic carbocycles. The maximum Gasteiger partial charge on any atom is 0.243 e. The molecular weight excluding hydrogens is 343 g/mol. The van der Waals surface area contributed by atoms with Crippen molar-refractivity contribution >= 4 is 15.9 Å². The lowest BCUT2D eigenvalue weighted by atomic mass is 10.1. The van der Waals surface area contributed by atoms with E-state index in [0.717, 1.165) is 31.4 Å². The quantitative estimate of drug-likeness (QED) is 0.661. The normalized spacial score (nSPS) is 16.2. The summed E-state index contributed by atoms with van der Waals surface area (Å²) in [7, 11) is -3.63. The van der Waals surface area contributed by atoms with Gasteiger partial charge in [0.15, 0.2) is 0 Å². The van der Waals surface area contributed by atoms with Crippen LogP contribution >= 0.6 is 0 Å². The van der Waals surface area contributed by atoms with Gasteiger partial charge in [-0.25, -0.2) is 12.8 Å². The van der Waals surface area contributed by atoms with Gasteiger partial charge in [0.1, 0.15) is 5.82 Å². The first kappa shape index (κ1) is 19.8. The lowest BCUT2D eigenvalue weighted by Crippen LogP contribution is -2.50. The topological polar surface area (TPSA) is 57.7 Å². The van der Waals surface area contributed by atoms with Crippen molar-refractivity contribution in [1.29, 1.82) is 0 Å². The van der Waals surface area contributed by atoms with Crippen LogP contribution in [-0.2, 0) is 14.8 Å². The summed E-state index contributed by atoms with van der Waals surface area (Å²) in [6.45, 7) is 3.54. The largest absolute Gasteiger partial charge is 0.340 e. The Morgan fingerprint density at radius 3 is 2.20 bits per heavy atom. The molecule has 1 aliphatic heterocycles. The summed E-state index contributed by atoms with van der Waals surface area (Å²) >= 11 is 0. The molecule has 140 valence electrons. The second-order valence-corrected chi connectivity index (χ2v) is 8.34. The fourth-order valence-corrected chi connectivity index (χ4v) is 4.39. The maximum atomic E-state index is 13.0. The van der Waals surface area contributed by atoms with Crippen LogP contribution in [0.1, 0.15) is 45.4 Å². The first-order valence-electron chi connectivity index (χ1n) is 8.98. The third-order valence-corrected chi connectivity index (χ3v) is 6.45. The van der Waals surface area contributed by atoms with Gasteiger partial charge in [-0.2, -0.15) is 4.31 Å². The van der Waals surface area contributed by atoms with E-state index < -0.39 is 15.8 Å². The molecule has 5 nitrogen and oxygen atoms in total. The van der Waals surface area contributed by atoms with Crippen LogP contribution in [0.4, 0.5) is 4.39 Å². The number of amides is 1. The molecule has 0 saturated carbocycles. The lowest BCUT2D eigenvalue weighted by Gasteiger charge is -2.34. The number of carbonyl (C=O) groups is 1. The molecule has 1 aromatic rings. The minimum Gasteiger partial charge on any atom is -0.340 e. The average Bonchev–Trinajstić information content (AvgIpc) is 2.62. The predicted molar refractivity (Wildman–Crippen MR) is 95.1 cm³/mol. The molecule has 1 heterocycles. The van der Waals surface area contributed by atoms with Crippen LogP contribution in [0.3, 0.4) is 0 Å². The van der Waals surface area contributed by atoms with Crippen molar-refractivity contribution < 1.29 is 17.6 Å². The van der Waals surface area contributed by atoms with E-state index in [1.54, 1.807) is 4.90 Å². The van der Waals surface area contributed by atoms with Gasteiger partial charge >= 0.3 is 0 Å². The van der Waals surface area contributed by atoms with Crippen molar-refractivity contribution in [2.75, 3.05) is 26.2 Å². The Morgan fingerprint density at radius 1 is 1.00 bits per heavy atom. The molecule has 0 radical (unpaired) electrons. The molecule has 2 rings (SSSR count). The molecule has 0 bridgehead atoms. The van der Waals surface area contributed by atoms with E-state index in [4.69, 9.17) is 0 Å². The number of sulfonamides is 1. The van der Waals surface area contributed by atoms with Crippen molar-refractivity contribution in [3.8, 4) is 0 Å². The van der Waals surface area contributed by atoms with E-state index in [9.17, 15) is 17.6 Å². The zero-order chi connectivity index (χ0) is 18.3. The van der Waals surface area contributed by atoms with Gasteiger partial charge in [0.2, 0.25) is 15.9 Å². The monoisotopic (exact) mass is 370 g/mol. The van der Waals surface area contributed by atoms with E-state index in [1.165, 1.54) is 29.3 Å². The maximum absolute atomic E-state index is 13.0. The number of unbranched alkanes of at least 4 members (excludes halogenated alkanes) is 4. The van der Waals surface area contributed by atoms with E-state index in [0.29, 0.717) is 19.5 Å². The van der Waals surface area contributed by atoms with E-state index >= 15 is 0 Å². The highest BCUT2D eigenvalue weighted by molar-refractivity contribution is 7.89. The molecule has 7 heteroatoms. The molecule has 25 heavy (non-hydrogen) atoms. The Hall–Kier alpha value is -1.47. The standard InChI is InChI=1S/C18H27FN2O3S/c1-2-3-4-5-6-7-18(22)20-12-14-21(15-13-20)25(23,24)17-10-8-16(19)9-11-17/h8-11H,2-7,12-15H2,1H3. The van der Waals surface area contributed by atoms with Crippen molar-refractivity contribution in [2.45, 2.75) is 50.3 Å². The van der Waals surface area contributed by atoms with Crippen LogP contribution in [0.25, 0.3) is 0 Å². The predicted octanol–water partition coefficient (Wildman–Crippen LogP) is 3.02. The van der Waals surface area contributed by atoms with Crippen LogP contribution in [0.2, 0.25) is 0 Å². The number of benzene rings is 1. The first-order chi connectivity index (χ1) is 11.9. The molecule has 0 aliphatic carbocycles. The van der Waals surface area contributed by atoms with Crippen LogP contribution < -0.4 is 0 Å². The highest BCUT2D eigenvalue weighted by Crippen LogP contribution is 2.18. The SMILES string of the molecule is CCCCCCCC(=O)N1CCN(S(=O)(=O)c2ccc(F)cc2)CC1. The van der Waals surface area contributed by atoms with Gasteiger partial charge < -0.3 is 4.90 Å². The lowest BCUT2D eigenvalue weighted by molar-refractivity contribution is -0.132. The molecule has 0 atom stereocenters. The number of piperazine rings is 1. The summed E-state index contributed by atoms with van der Waals surface area (Å²) in [6, 6.07) is 4.84. The number of nitrogens with zero attached hydrogens (tertiary/aromatic N) is 2. The second kappa shape index (κ2) is 9.29. The van der Waals surface area contributed by atoms with Crippen molar-refractivity contribution in [2.24, 2.45) is 0 Å². The van der Waals surface area contributed by atoms with Gasteiger partial charge in [0, 0.05) is 32.6 Å². The molecule has 0 N–H and O–H groups in total. The third-order valence-electron chi connectivity index (χ3n) is 4.54. The Bertz CT molecular complexity index is 653. The van der Waals surface area contributed by atoms with Crippen LogP contribution in [0.5, 0.6) is 0 Å². The number of carbonyl (C=O) groups excluding carboxylic acids is 1. The fourth-order valence-electron chi connectivity index (χ4n) is 2.97. The van der Waals surface area contributed by atoms with Gasteiger partial charge in [0.25, 0.3) is 0 Å². The third kappa shape index (κ3) is 5.51. The summed E-state index contributed by atoms with van der Waals surface area (Å²) in [5, 5.41) is 0. The molecular formula is C18H27FN2O3S. The Labute approximate surface area is 149 Å².